The lowest BCUT2D eigenvalue weighted by Crippen LogP contribution is -2.38. The zero-order valence-corrected chi connectivity index (χ0v) is 15.2. The van der Waals surface area contributed by atoms with Gasteiger partial charge in [-0.1, -0.05) is 48.0 Å². The van der Waals surface area contributed by atoms with E-state index in [0.29, 0.717) is 19.6 Å². The SMILES string of the molecule is O=C(Cc1c(F)cccc1Cl)N1CCN(Cc2ccccc2)CC(O)C1. The predicted molar refractivity (Wildman–Crippen MR) is 99.4 cm³/mol. The van der Waals surface area contributed by atoms with Gasteiger partial charge in [-0.25, -0.2) is 4.39 Å². The molecule has 1 fully saturated rings. The normalized spacial score (nSPS) is 18.6. The summed E-state index contributed by atoms with van der Waals surface area (Å²) in [6.45, 7) is 2.62. The Morgan fingerprint density at radius 3 is 2.62 bits per heavy atom. The molecule has 1 amide bonds. The zero-order valence-electron chi connectivity index (χ0n) is 14.4. The standard InChI is InChI=1S/C20H22ClFN2O2/c21-18-7-4-8-19(22)17(18)11-20(26)24-10-9-23(13-16(25)14-24)12-15-5-2-1-3-6-15/h1-8,16,25H,9-14H2. The maximum Gasteiger partial charge on any atom is 0.227 e. The van der Waals surface area contributed by atoms with E-state index < -0.39 is 11.9 Å². The summed E-state index contributed by atoms with van der Waals surface area (Å²) < 4.78 is 13.9. The minimum Gasteiger partial charge on any atom is -0.390 e. The Kier molecular flexibility index (Phi) is 6.25. The van der Waals surface area contributed by atoms with Crippen molar-refractivity contribution in [3.05, 3.63) is 70.5 Å². The van der Waals surface area contributed by atoms with Crippen LogP contribution in [-0.4, -0.2) is 53.1 Å². The van der Waals surface area contributed by atoms with Crippen LogP contribution in [0.5, 0.6) is 0 Å². The van der Waals surface area contributed by atoms with E-state index in [2.05, 4.69) is 4.90 Å². The smallest absolute Gasteiger partial charge is 0.227 e. The van der Waals surface area contributed by atoms with Crippen LogP contribution < -0.4 is 0 Å². The van der Waals surface area contributed by atoms with Gasteiger partial charge in [0.25, 0.3) is 0 Å². The average Bonchev–Trinajstić information content (AvgIpc) is 2.80. The molecule has 6 heteroatoms. The molecule has 2 aromatic carbocycles. The number of nitrogens with zero attached hydrogens (tertiary/aromatic N) is 2. The second-order valence-electron chi connectivity index (χ2n) is 6.59. The van der Waals surface area contributed by atoms with E-state index in [1.54, 1.807) is 11.0 Å². The molecule has 2 aromatic rings. The van der Waals surface area contributed by atoms with E-state index in [1.165, 1.54) is 12.1 Å². The second-order valence-corrected chi connectivity index (χ2v) is 7.00. The molecule has 1 saturated heterocycles. The molecule has 0 bridgehead atoms. The average molecular weight is 377 g/mol. The van der Waals surface area contributed by atoms with Crippen molar-refractivity contribution in [3.8, 4) is 0 Å². The van der Waals surface area contributed by atoms with Gasteiger partial charge in [0.15, 0.2) is 0 Å². The summed E-state index contributed by atoms with van der Waals surface area (Å²) in [6, 6.07) is 14.4. The molecule has 0 aromatic heterocycles. The number of β-amino-alcohol motifs (C(OH)–C–C–N with tert-alkyl or cyclic N) is 1. The van der Waals surface area contributed by atoms with Crippen molar-refractivity contribution in [2.75, 3.05) is 26.2 Å². The van der Waals surface area contributed by atoms with Crippen molar-refractivity contribution in [2.45, 2.75) is 19.1 Å². The Morgan fingerprint density at radius 1 is 1.12 bits per heavy atom. The van der Waals surface area contributed by atoms with Crippen LogP contribution in [0.2, 0.25) is 5.02 Å². The molecule has 0 radical (unpaired) electrons. The van der Waals surface area contributed by atoms with E-state index in [1.807, 2.05) is 30.3 Å². The van der Waals surface area contributed by atoms with Gasteiger partial charge in [-0.3, -0.25) is 9.69 Å². The first-order valence-electron chi connectivity index (χ1n) is 8.68. The molecule has 1 atom stereocenters. The lowest BCUT2D eigenvalue weighted by atomic mass is 10.1. The summed E-state index contributed by atoms with van der Waals surface area (Å²) in [6.07, 6.45) is -0.738. The monoisotopic (exact) mass is 376 g/mol. The molecule has 1 N–H and O–H groups in total. The van der Waals surface area contributed by atoms with Crippen LogP contribution in [0.4, 0.5) is 4.39 Å². The molecule has 1 heterocycles. The molecule has 0 saturated carbocycles. The van der Waals surface area contributed by atoms with Gasteiger partial charge in [0.2, 0.25) is 5.91 Å². The predicted octanol–water partition coefficient (Wildman–Crippen LogP) is 2.73. The van der Waals surface area contributed by atoms with Crippen molar-refractivity contribution in [2.24, 2.45) is 0 Å². The summed E-state index contributed by atoms with van der Waals surface area (Å²) in [4.78, 5) is 16.3. The molecule has 0 spiro atoms. The van der Waals surface area contributed by atoms with Gasteiger partial charge in [-0.05, 0) is 17.7 Å². The Balaban J connectivity index is 1.63. The van der Waals surface area contributed by atoms with E-state index in [-0.39, 0.29) is 29.5 Å². The maximum absolute atomic E-state index is 13.9. The maximum atomic E-state index is 13.9. The molecule has 4 nitrogen and oxygen atoms in total. The van der Waals surface area contributed by atoms with Crippen LogP contribution in [0, 0.1) is 5.82 Å². The third-order valence-corrected chi connectivity index (χ3v) is 4.93. The van der Waals surface area contributed by atoms with Gasteiger partial charge in [0, 0.05) is 43.3 Å². The molecule has 1 unspecified atom stereocenters. The van der Waals surface area contributed by atoms with Crippen LogP contribution in [0.25, 0.3) is 0 Å². The van der Waals surface area contributed by atoms with E-state index in [9.17, 15) is 14.3 Å². The highest BCUT2D eigenvalue weighted by Crippen LogP contribution is 2.20. The highest BCUT2D eigenvalue weighted by molar-refractivity contribution is 6.31. The highest BCUT2D eigenvalue weighted by Gasteiger charge is 2.25. The fourth-order valence-electron chi connectivity index (χ4n) is 3.23. The van der Waals surface area contributed by atoms with Crippen molar-refractivity contribution in [1.82, 2.24) is 9.80 Å². The topological polar surface area (TPSA) is 43.8 Å². The van der Waals surface area contributed by atoms with Crippen molar-refractivity contribution < 1.29 is 14.3 Å². The Labute approximate surface area is 157 Å². The largest absolute Gasteiger partial charge is 0.390 e. The molecule has 1 aliphatic heterocycles. The van der Waals surface area contributed by atoms with Crippen LogP contribution in [-0.2, 0) is 17.8 Å². The number of hydrogen-bond acceptors (Lipinski definition) is 3. The lowest BCUT2D eigenvalue weighted by molar-refractivity contribution is -0.131. The molecule has 3 rings (SSSR count). The summed E-state index contributed by atoms with van der Waals surface area (Å²) in [7, 11) is 0. The van der Waals surface area contributed by atoms with Gasteiger partial charge in [-0.15, -0.1) is 0 Å². The number of aliphatic hydroxyl groups excluding tert-OH is 1. The molecular weight excluding hydrogens is 355 g/mol. The minimum atomic E-state index is -0.638. The number of halogens is 2. The quantitative estimate of drug-likeness (QED) is 0.892. The van der Waals surface area contributed by atoms with Crippen molar-refractivity contribution in [3.63, 3.8) is 0 Å². The number of carbonyl (C=O) groups is 1. The first-order chi connectivity index (χ1) is 12.5. The third-order valence-electron chi connectivity index (χ3n) is 4.58. The fraction of sp³-hybridized carbons (Fsp3) is 0.350. The van der Waals surface area contributed by atoms with Crippen molar-refractivity contribution in [1.29, 1.82) is 0 Å². The van der Waals surface area contributed by atoms with Gasteiger partial charge in [0.1, 0.15) is 5.82 Å². The first kappa shape index (κ1) is 18.8. The van der Waals surface area contributed by atoms with Crippen LogP contribution in [0.15, 0.2) is 48.5 Å². The molecule has 0 aliphatic carbocycles. The second kappa shape index (κ2) is 8.62. The molecule has 26 heavy (non-hydrogen) atoms. The van der Waals surface area contributed by atoms with E-state index in [0.717, 1.165) is 12.1 Å². The fourth-order valence-corrected chi connectivity index (χ4v) is 3.46. The number of carbonyl (C=O) groups excluding carboxylic acids is 1. The minimum absolute atomic E-state index is 0.100. The third kappa shape index (κ3) is 4.81. The van der Waals surface area contributed by atoms with Crippen molar-refractivity contribution >= 4 is 17.5 Å². The van der Waals surface area contributed by atoms with E-state index >= 15 is 0 Å². The van der Waals surface area contributed by atoms with Gasteiger partial charge >= 0.3 is 0 Å². The van der Waals surface area contributed by atoms with Gasteiger partial charge < -0.3 is 10.0 Å². The van der Waals surface area contributed by atoms with Crippen LogP contribution >= 0.6 is 11.6 Å². The molecule has 1 aliphatic rings. The van der Waals surface area contributed by atoms with Gasteiger partial charge in [0.05, 0.1) is 12.5 Å². The summed E-state index contributed by atoms with van der Waals surface area (Å²) in [5.74, 6) is -0.704. The number of benzene rings is 2. The Hall–Kier alpha value is -1.95. The van der Waals surface area contributed by atoms with Crippen LogP contribution in [0.1, 0.15) is 11.1 Å². The number of hydrogen-bond donors (Lipinski definition) is 1. The number of amides is 1. The van der Waals surface area contributed by atoms with E-state index in [4.69, 9.17) is 11.6 Å². The summed E-state index contributed by atoms with van der Waals surface area (Å²) in [5.41, 5.74) is 1.37. The Morgan fingerprint density at radius 2 is 1.88 bits per heavy atom. The zero-order chi connectivity index (χ0) is 18.5. The van der Waals surface area contributed by atoms with Crippen LogP contribution in [0.3, 0.4) is 0 Å². The summed E-state index contributed by atoms with van der Waals surface area (Å²) in [5, 5.41) is 10.5. The highest BCUT2D eigenvalue weighted by atomic mass is 35.5. The lowest BCUT2D eigenvalue weighted by Gasteiger charge is -2.22. The summed E-state index contributed by atoms with van der Waals surface area (Å²) >= 11 is 6.02. The molecular formula is C20H22ClFN2O2. The van der Waals surface area contributed by atoms with Gasteiger partial charge in [-0.2, -0.15) is 0 Å². The Bertz CT molecular complexity index is 736. The first-order valence-corrected chi connectivity index (χ1v) is 9.05. The number of rotatable bonds is 4. The molecule has 138 valence electrons. The number of aliphatic hydroxyl groups is 1.